The number of aliphatic carboxylic acids is 2. The number of aryl methyl sites for hydroxylation is 1. The molecule has 1 aromatic rings. The first kappa shape index (κ1) is 17.1. The van der Waals surface area contributed by atoms with Crippen LogP contribution in [-0.4, -0.2) is 36.6 Å². The van der Waals surface area contributed by atoms with Gasteiger partial charge in [-0.05, 0) is 31.0 Å². The third kappa shape index (κ3) is 4.80. The summed E-state index contributed by atoms with van der Waals surface area (Å²) in [4.78, 5) is 20.9. The first-order valence-electron chi connectivity index (χ1n) is 5.86. The highest BCUT2D eigenvalue weighted by Gasteiger charge is 2.26. The van der Waals surface area contributed by atoms with Gasteiger partial charge in [-0.15, -0.1) is 0 Å². The van der Waals surface area contributed by atoms with Crippen LogP contribution in [-0.2, 0) is 19.6 Å². The van der Waals surface area contributed by atoms with Crippen molar-refractivity contribution in [2.24, 2.45) is 0 Å². The second-order valence-electron chi connectivity index (χ2n) is 4.36. The van der Waals surface area contributed by atoms with Crippen molar-refractivity contribution in [1.82, 2.24) is 4.72 Å². The summed E-state index contributed by atoms with van der Waals surface area (Å²) in [5, 5.41) is 17.4. The normalized spacial score (nSPS) is 12.9. The molecule has 0 saturated heterocycles. The zero-order valence-corrected chi connectivity index (χ0v) is 11.9. The lowest BCUT2D eigenvalue weighted by Gasteiger charge is -2.14. The summed E-state index contributed by atoms with van der Waals surface area (Å²) in [7, 11) is -4.26. The van der Waals surface area contributed by atoms with E-state index in [0.29, 0.717) is 0 Å². The van der Waals surface area contributed by atoms with Gasteiger partial charge >= 0.3 is 11.9 Å². The van der Waals surface area contributed by atoms with Crippen LogP contribution in [0, 0.1) is 12.7 Å². The Hall–Kier alpha value is -2.00. The molecule has 1 atom stereocenters. The molecule has 7 nitrogen and oxygen atoms in total. The summed E-state index contributed by atoms with van der Waals surface area (Å²) in [6, 6.07) is 1.55. The number of carboxylic acid groups (broad SMARTS) is 2. The molecule has 1 rings (SSSR count). The van der Waals surface area contributed by atoms with Crippen molar-refractivity contribution in [1.29, 1.82) is 0 Å². The molecule has 0 fully saturated rings. The summed E-state index contributed by atoms with van der Waals surface area (Å²) >= 11 is 0. The fourth-order valence-corrected chi connectivity index (χ4v) is 2.73. The van der Waals surface area contributed by atoms with Crippen LogP contribution in [0.25, 0.3) is 0 Å². The molecule has 1 aromatic carbocycles. The van der Waals surface area contributed by atoms with Crippen LogP contribution >= 0.6 is 0 Å². The van der Waals surface area contributed by atoms with Crippen LogP contribution in [0.5, 0.6) is 0 Å². The van der Waals surface area contributed by atoms with Gasteiger partial charge in [0, 0.05) is 6.42 Å². The number of nitrogens with one attached hydrogen (secondary N) is 1. The molecule has 0 aliphatic carbocycles. The summed E-state index contributed by atoms with van der Waals surface area (Å²) in [5.74, 6) is -3.50. The van der Waals surface area contributed by atoms with Crippen molar-refractivity contribution in [3.05, 3.63) is 29.6 Å². The second kappa shape index (κ2) is 6.64. The fraction of sp³-hybridized carbons (Fsp3) is 0.333. The Labute approximate surface area is 120 Å². The lowest BCUT2D eigenvalue weighted by atomic mass is 10.2. The van der Waals surface area contributed by atoms with E-state index in [-0.39, 0.29) is 5.56 Å². The molecule has 0 aromatic heterocycles. The number of benzene rings is 1. The second-order valence-corrected chi connectivity index (χ2v) is 6.07. The Bertz CT molecular complexity index is 658. The predicted octanol–water partition coefficient (Wildman–Crippen LogP) is 0.730. The quantitative estimate of drug-likeness (QED) is 0.681. The number of halogens is 1. The molecule has 0 heterocycles. The number of hydrogen-bond acceptors (Lipinski definition) is 4. The minimum atomic E-state index is -4.26. The van der Waals surface area contributed by atoms with Crippen LogP contribution in [0.3, 0.4) is 0 Å². The molecule has 3 N–H and O–H groups in total. The first-order valence-corrected chi connectivity index (χ1v) is 7.35. The summed E-state index contributed by atoms with van der Waals surface area (Å²) in [6.45, 7) is 1.45. The molecular weight excluding hydrogens is 305 g/mol. The molecule has 0 aliphatic heterocycles. The highest BCUT2D eigenvalue weighted by Crippen LogP contribution is 2.15. The molecule has 9 heteroatoms. The van der Waals surface area contributed by atoms with Crippen LogP contribution in [0.15, 0.2) is 23.1 Å². The van der Waals surface area contributed by atoms with Crippen molar-refractivity contribution >= 4 is 22.0 Å². The summed E-state index contributed by atoms with van der Waals surface area (Å²) < 4.78 is 39.2. The molecule has 21 heavy (non-hydrogen) atoms. The van der Waals surface area contributed by atoms with E-state index in [9.17, 15) is 22.4 Å². The van der Waals surface area contributed by atoms with Gasteiger partial charge in [-0.2, -0.15) is 4.72 Å². The Balaban J connectivity index is 2.97. The van der Waals surface area contributed by atoms with Gasteiger partial charge in [0.2, 0.25) is 10.0 Å². The lowest BCUT2D eigenvalue weighted by Crippen LogP contribution is -2.41. The van der Waals surface area contributed by atoms with Crippen LogP contribution in [0.4, 0.5) is 4.39 Å². The van der Waals surface area contributed by atoms with Crippen molar-refractivity contribution in [2.75, 3.05) is 0 Å². The monoisotopic (exact) mass is 319 g/mol. The number of rotatable bonds is 7. The fourth-order valence-electron chi connectivity index (χ4n) is 1.50. The molecule has 0 bridgehead atoms. The van der Waals surface area contributed by atoms with E-state index in [1.807, 2.05) is 4.72 Å². The maximum absolute atomic E-state index is 13.4. The topological polar surface area (TPSA) is 121 Å². The molecule has 0 radical (unpaired) electrons. The zero-order chi connectivity index (χ0) is 16.2. The molecule has 0 saturated carbocycles. The van der Waals surface area contributed by atoms with E-state index >= 15 is 0 Å². The number of sulfonamides is 1. The van der Waals surface area contributed by atoms with E-state index in [1.165, 1.54) is 13.0 Å². The number of carboxylic acids is 2. The molecule has 0 spiro atoms. The van der Waals surface area contributed by atoms with Crippen LogP contribution in [0.1, 0.15) is 18.4 Å². The van der Waals surface area contributed by atoms with Gasteiger partial charge in [0.25, 0.3) is 0 Å². The Kier molecular flexibility index (Phi) is 5.39. The average Bonchev–Trinajstić information content (AvgIpc) is 2.37. The SMILES string of the molecule is Cc1ccc(S(=O)(=O)N[C@@H](CCC(=O)O)C(=O)O)cc1F. The molecule has 116 valence electrons. The maximum Gasteiger partial charge on any atom is 0.321 e. The maximum atomic E-state index is 13.4. The van der Waals surface area contributed by atoms with Gasteiger partial charge in [0.1, 0.15) is 11.9 Å². The number of carbonyl (C=O) groups is 2. The summed E-state index contributed by atoms with van der Waals surface area (Å²) in [5.41, 5.74) is 0.245. The Morgan fingerprint density at radius 3 is 2.43 bits per heavy atom. The third-order valence-electron chi connectivity index (χ3n) is 2.70. The first-order chi connectivity index (χ1) is 9.63. The van der Waals surface area contributed by atoms with Crippen molar-refractivity contribution < 1.29 is 32.6 Å². The average molecular weight is 319 g/mol. The molecule has 0 unspecified atom stereocenters. The van der Waals surface area contributed by atoms with E-state index in [2.05, 4.69) is 0 Å². The van der Waals surface area contributed by atoms with E-state index < -0.39 is 51.6 Å². The van der Waals surface area contributed by atoms with Gasteiger partial charge in [-0.3, -0.25) is 9.59 Å². The lowest BCUT2D eigenvalue weighted by molar-refractivity contribution is -0.140. The van der Waals surface area contributed by atoms with Crippen molar-refractivity contribution in [3.63, 3.8) is 0 Å². The minimum Gasteiger partial charge on any atom is -0.481 e. The minimum absolute atomic E-state index is 0.245. The summed E-state index contributed by atoms with van der Waals surface area (Å²) in [6.07, 6.45) is -0.931. The van der Waals surface area contributed by atoms with Crippen LogP contribution < -0.4 is 4.72 Å². The van der Waals surface area contributed by atoms with Crippen molar-refractivity contribution in [2.45, 2.75) is 30.7 Å². The smallest absolute Gasteiger partial charge is 0.321 e. The largest absolute Gasteiger partial charge is 0.481 e. The molecule has 0 amide bonds. The van der Waals surface area contributed by atoms with Gasteiger partial charge in [-0.1, -0.05) is 6.07 Å². The zero-order valence-electron chi connectivity index (χ0n) is 11.0. The van der Waals surface area contributed by atoms with Gasteiger partial charge in [-0.25, -0.2) is 12.8 Å². The molecular formula is C12H14FNO6S. The highest BCUT2D eigenvalue weighted by atomic mass is 32.2. The highest BCUT2D eigenvalue weighted by molar-refractivity contribution is 7.89. The molecule has 0 aliphatic rings. The van der Waals surface area contributed by atoms with E-state index in [0.717, 1.165) is 12.1 Å². The third-order valence-corrected chi connectivity index (χ3v) is 4.17. The Morgan fingerprint density at radius 1 is 1.33 bits per heavy atom. The van der Waals surface area contributed by atoms with E-state index in [1.54, 1.807) is 0 Å². The van der Waals surface area contributed by atoms with Gasteiger partial charge in [0.15, 0.2) is 0 Å². The standard InChI is InChI=1S/C12H14FNO6S/c1-7-2-3-8(6-9(7)13)21(19,20)14-10(12(17)18)4-5-11(15)16/h2-3,6,10,14H,4-5H2,1H3,(H,15,16)(H,17,18)/t10-/m0/s1. The number of hydrogen-bond donors (Lipinski definition) is 3. The van der Waals surface area contributed by atoms with E-state index in [4.69, 9.17) is 10.2 Å². The van der Waals surface area contributed by atoms with Crippen LogP contribution in [0.2, 0.25) is 0 Å². The van der Waals surface area contributed by atoms with Crippen molar-refractivity contribution in [3.8, 4) is 0 Å². The van der Waals surface area contributed by atoms with Gasteiger partial charge in [0.05, 0.1) is 4.90 Å². The predicted molar refractivity (Wildman–Crippen MR) is 69.8 cm³/mol. The van der Waals surface area contributed by atoms with Gasteiger partial charge < -0.3 is 10.2 Å². The Morgan fingerprint density at radius 2 is 1.95 bits per heavy atom.